The molecule has 0 aliphatic rings. The average Bonchev–Trinajstić information content (AvgIpc) is 2.47. The Balaban J connectivity index is 2.32. The number of hydrogen-bond acceptors (Lipinski definition) is 1. The monoisotopic (exact) mass is 316 g/mol. The van der Waals surface area contributed by atoms with E-state index in [-0.39, 0.29) is 11.6 Å². The highest BCUT2D eigenvalue weighted by molar-refractivity contribution is 7.67. The number of rotatable bonds is 5. The van der Waals surface area contributed by atoms with Gasteiger partial charge in [0.15, 0.2) is 0 Å². The van der Waals surface area contributed by atoms with Gasteiger partial charge in [-0.15, -0.1) is 0 Å². The van der Waals surface area contributed by atoms with Crippen LogP contribution in [0, 0.1) is 0 Å². The van der Waals surface area contributed by atoms with E-state index in [0.29, 0.717) is 0 Å². The van der Waals surface area contributed by atoms with Gasteiger partial charge in [0.2, 0.25) is 7.44 Å². The predicted octanol–water partition coefficient (Wildman–Crippen LogP) is 4.24. The molecule has 0 radical (unpaired) electrons. The third kappa shape index (κ3) is 4.54. The highest BCUT2D eigenvalue weighted by Crippen LogP contribution is 2.40. The van der Waals surface area contributed by atoms with Gasteiger partial charge in [-0.25, -0.2) is 10.2 Å². The maximum Gasteiger partial charge on any atom is 0.241 e. The van der Waals surface area contributed by atoms with Crippen LogP contribution < -0.4 is 15.5 Å². The van der Waals surface area contributed by atoms with E-state index in [1.165, 1.54) is 0 Å². The number of benzene rings is 2. The molecule has 0 saturated carbocycles. The molecule has 2 aromatic rings. The molecule has 0 aromatic heterocycles. The zero-order valence-electron chi connectivity index (χ0n) is 13.7. The van der Waals surface area contributed by atoms with E-state index in [1.807, 2.05) is 88.4 Å². The first kappa shape index (κ1) is 17.0. The summed E-state index contributed by atoms with van der Waals surface area (Å²) in [5.41, 5.74) is 0.865. The lowest BCUT2D eigenvalue weighted by Gasteiger charge is -2.31. The molecule has 0 fully saturated rings. The first-order chi connectivity index (χ1) is 10.3. The van der Waals surface area contributed by atoms with E-state index in [0.717, 1.165) is 10.9 Å². The minimum Gasteiger partial charge on any atom is -0.284 e. The van der Waals surface area contributed by atoms with Gasteiger partial charge in [-0.1, -0.05) is 48.5 Å². The van der Waals surface area contributed by atoms with Gasteiger partial charge in [-0.05, 0) is 45.4 Å². The van der Waals surface area contributed by atoms with Crippen LogP contribution in [0.2, 0.25) is 0 Å². The summed E-state index contributed by atoms with van der Waals surface area (Å²) in [7, 11) is -2.91. The summed E-state index contributed by atoms with van der Waals surface area (Å²) >= 11 is 0. The molecule has 2 aromatic carbocycles. The minimum absolute atomic E-state index is 0.0120. The molecule has 0 spiro atoms. The van der Waals surface area contributed by atoms with Crippen LogP contribution in [0.4, 0.5) is 0 Å². The van der Waals surface area contributed by atoms with Gasteiger partial charge in [-0.3, -0.25) is 4.57 Å². The molecule has 2 unspecified atom stereocenters. The summed E-state index contributed by atoms with van der Waals surface area (Å²) in [5, 5.41) is 7.42. The second-order valence-corrected chi connectivity index (χ2v) is 8.78. The summed E-state index contributed by atoms with van der Waals surface area (Å²) in [6.45, 7) is 8.11. The summed E-state index contributed by atoms with van der Waals surface area (Å²) < 4.78 is 13.6. The fourth-order valence-electron chi connectivity index (χ4n) is 2.37. The van der Waals surface area contributed by atoms with Crippen LogP contribution in [-0.2, 0) is 4.57 Å². The van der Waals surface area contributed by atoms with Crippen LogP contribution in [-0.4, -0.2) is 5.54 Å². The van der Waals surface area contributed by atoms with Crippen molar-refractivity contribution in [2.24, 2.45) is 0 Å². The standard InChI is InChI=1S/C18H25N2OP/c1-15(16-11-7-5-8-12-16)19-22(21,20-18(2,3)4)17-13-9-6-10-14-17/h5-15H,1-4H3,(H2,19,20,21). The molecule has 0 aliphatic heterocycles. The minimum atomic E-state index is -2.91. The smallest absolute Gasteiger partial charge is 0.241 e. The third-order valence-corrected chi connectivity index (χ3v) is 6.05. The molecule has 2 atom stereocenters. The maximum absolute atomic E-state index is 13.6. The Morgan fingerprint density at radius 1 is 0.909 bits per heavy atom. The molecule has 118 valence electrons. The van der Waals surface area contributed by atoms with Crippen LogP contribution >= 0.6 is 7.44 Å². The van der Waals surface area contributed by atoms with E-state index in [2.05, 4.69) is 10.2 Å². The van der Waals surface area contributed by atoms with E-state index in [1.54, 1.807) is 0 Å². The maximum atomic E-state index is 13.6. The zero-order valence-corrected chi connectivity index (χ0v) is 14.6. The van der Waals surface area contributed by atoms with Gasteiger partial charge in [0.05, 0.1) is 0 Å². The average molecular weight is 316 g/mol. The van der Waals surface area contributed by atoms with Gasteiger partial charge >= 0.3 is 0 Å². The molecule has 0 bridgehead atoms. The summed E-state index contributed by atoms with van der Waals surface area (Å²) in [6, 6.07) is 19.6. The second-order valence-electron chi connectivity index (χ2n) is 6.57. The van der Waals surface area contributed by atoms with Crippen LogP contribution in [0.3, 0.4) is 0 Å². The molecule has 0 amide bonds. The first-order valence-electron chi connectivity index (χ1n) is 7.58. The van der Waals surface area contributed by atoms with Crippen molar-refractivity contribution in [1.29, 1.82) is 0 Å². The van der Waals surface area contributed by atoms with Crippen LogP contribution in [0.1, 0.15) is 39.3 Å². The van der Waals surface area contributed by atoms with E-state index < -0.39 is 7.44 Å². The highest BCUT2D eigenvalue weighted by Gasteiger charge is 2.31. The Kier molecular flexibility index (Phi) is 5.23. The fraction of sp³-hybridized carbons (Fsp3) is 0.333. The van der Waals surface area contributed by atoms with Gasteiger partial charge in [0.25, 0.3) is 0 Å². The third-order valence-electron chi connectivity index (χ3n) is 3.29. The predicted molar refractivity (Wildman–Crippen MR) is 94.6 cm³/mol. The van der Waals surface area contributed by atoms with E-state index in [9.17, 15) is 4.57 Å². The lowest BCUT2D eigenvalue weighted by atomic mass is 10.1. The van der Waals surface area contributed by atoms with Crippen LogP contribution in [0.5, 0.6) is 0 Å². The fourth-order valence-corrected chi connectivity index (χ4v) is 4.94. The van der Waals surface area contributed by atoms with Crippen molar-refractivity contribution in [3.63, 3.8) is 0 Å². The quantitative estimate of drug-likeness (QED) is 0.811. The lowest BCUT2D eigenvalue weighted by Crippen LogP contribution is -2.41. The summed E-state index contributed by atoms with van der Waals surface area (Å²) in [4.78, 5) is 0. The van der Waals surface area contributed by atoms with Crippen LogP contribution in [0.25, 0.3) is 0 Å². The van der Waals surface area contributed by atoms with Gasteiger partial charge in [-0.2, -0.15) is 0 Å². The Bertz CT molecular complexity index is 635. The molecule has 2 N–H and O–H groups in total. The first-order valence-corrected chi connectivity index (χ1v) is 9.29. The van der Waals surface area contributed by atoms with Gasteiger partial charge in [0.1, 0.15) is 0 Å². The normalized spacial score (nSPS) is 16.0. The number of nitrogens with one attached hydrogen (secondary N) is 2. The lowest BCUT2D eigenvalue weighted by molar-refractivity contribution is 0.482. The molecule has 22 heavy (non-hydrogen) atoms. The van der Waals surface area contributed by atoms with Gasteiger partial charge < -0.3 is 0 Å². The van der Waals surface area contributed by atoms with Gasteiger partial charge in [0, 0.05) is 16.9 Å². The number of hydrogen-bond donors (Lipinski definition) is 2. The Morgan fingerprint density at radius 2 is 1.41 bits per heavy atom. The molecule has 2 rings (SSSR count). The summed E-state index contributed by atoms with van der Waals surface area (Å²) in [6.07, 6.45) is 0. The Labute approximate surface area is 133 Å². The molecular formula is C18H25N2OP. The van der Waals surface area contributed by atoms with Crippen molar-refractivity contribution in [3.05, 3.63) is 66.2 Å². The molecule has 0 saturated heterocycles. The molecule has 0 aliphatic carbocycles. The molecule has 0 heterocycles. The van der Waals surface area contributed by atoms with Crippen molar-refractivity contribution in [3.8, 4) is 0 Å². The molecule has 3 nitrogen and oxygen atoms in total. The second kappa shape index (κ2) is 6.78. The van der Waals surface area contributed by atoms with Crippen molar-refractivity contribution >= 4 is 12.7 Å². The SMILES string of the molecule is CC(NP(=O)(NC(C)(C)C)c1ccccc1)c1ccccc1. The summed E-state index contributed by atoms with van der Waals surface area (Å²) in [5.74, 6) is 0. The largest absolute Gasteiger partial charge is 0.284 e. The highest BCUT2D eigenvalue weighted by atomic mass is 31.2. The van der Waals surface area contributed by atoms with Crippen LogP contribution in [0.15, 0.2) is 60.7 Å². The zero-order chi connectivity index (χ0) is 16.2. The Morgan fingerprint density at radius 3 is 1.91 bits per heavy atom. The van der Waals surface area contributed by atoms with Crippen molar-refractivity contribution in [1.82, 2.24) is 10.2 Å². The topological polar surface area (TPSA) is 41.1 Å². The molecular weight excluding hydrogens is 291 g/mol. The van der Waals surface area contributed by atoms with Crippen molar-refractivity contribution in [2.75, 3.05) is 0 Å². The van der Waals surface area contributed by atoms with Crippen molar-refractivity contribution < 1.29 is 4.57 Å². The molecule has 4 heteroatoms. The van der Waals surface area contributed by atoms with E-state index >= 15 is 0 Å². The Hall–Kier alpha value is -1.41. The van der Waals surface area contributed by atoms with E-state index in [4.69, 9.17) is 0 Å². The van der Waals surface area contributed by atoms with Crippen molar-refractivity contribution in [2.45, 2.75) is 39.3 Å².